The number of fused-ring (bicyclic) bond motifs is 1. The molecular formula is C19H21NO. The fourth-order valence-corrected chi connectivity index (χ4v) is 2.77. The molecule has 0 saturated heterocycles. The molecule has 0 aliphatic heterocycles. The van der Waals surface area contributed by atoms with Gasteiger partial charge < -0.3 is 9.73 Å². The molecule has 1 aromatic rings. The molecule has 2 nitrogen and oxygen atoms in total. The number of rotatable bonds is 6. The number of hydrogen-bond acceptors (Lipinski definition) is 2. The minimum Gasteiger partial charge on any atom is -0.472 e. The van der Waals surface area contributed by atoms with Gasteiger partial charge in [0.2, 0.25) is 0 Å². The van der Waals surface area contributed by atoms with Crippen LogP contribution in [0, 0.1) is 0 Å². The Morgan fingerprint density at radius 1 is 1.05 bits per heavy atom. The van der Waals surface area contributed by atoms with Crippen LogP contribution in [-0.2, 0) is 6.42 Å². The molecule has 1 N–H and O–H groups in total. The van der Waals surface area contributed by atoms with E-state index in [1.807, 2.05) is 12.3 Å². The van der Waals surface area contributed by atoms with Gasteiger partial charge in [-0.3, -0.25) is 0 Å². The molecule has 0 spiro atoms. The van der Waals surface area contributed by atoms with E-state index in [1.165, 1.54) is 22.3 Å². The third kappa shape index (κ3) is 3.34. The molecule has 2 heteroatoms. The second-order valence-corrected chi connectivity index (χ2v) is 5.48. The molecule has 0 aromatic carbocycles. The highest BCUT2D eigenvalue weighted by atomic mass is 16.3. The lowest BCUT2D eigenvalue weighted by atomic mass is 10.0. The third-order valence-electron chi connectivity index (χ3n) is 3.96. The van der Waals surface area contributed by atoms with Crippen LogP contribution in [0.2, 0.25) is 0 Å². The van der Waals surface area contributed by atoms with Gasteiger partial charge in [-0.15, -0.1) is 0 Å². The molecule has 1 unspecified atom stereocenters. The molecule has 0 fully saturated rings. The second-order valence-electron chi connectivity index (χ2n) is 5.48. The van der Waals surface area contributed by atoms with E-state index in [4.69, 9.17) is 4.42 Å². The Labute approximate surface area is 126 Å². The van der Waals surface area contributed by atoms with Gasteiger partial charge in [0.1, 0.15) is 0 Å². The molecule has 0 saturated carbocycles. The van der Waals surface area contributed by atoms with Gasteiger partial charge in [-0.25, -0.2) is 0 Å². The molecule has 0 bridgehead atoms. The Balaban J connectivity index is 1.56. The van der Waals surface area contributed by atoms with Gasteiger partial charge in [0.05, 0.1) is 12.5 Å². The Kier molecular flexibility index (Phi) is 4.37. The van der Waals surface area contributed by atoms with E-state index in [2.05, 4.69) is 54.7 Å². The zero-order valence-electron chi connectivity index (χ0n) is 12.4. The van der Waals surface area contributed by atoms with E-state index in [0.717, 1.165) is 19.4 Å². The van der Waals surface area contributed by atoms with Crippen molar-refractivity contribution in [2.24, 2.45) is 0 Å². The summed E-state index contributed by atoms with van der Waals surface area (Å²) in [5.41, 5.74) is 5.30. The van der Waals surface area contributed by atoms with Crippen LogP contribution < -0.4 is 5.32 Å². The zero-order chi connectivity index (χ0) is 14.5. The van der Waals surface area contributed by atoms with Crippen molar-refractivity contribution in [3.05, 3.63) is 72.2 Å². The van der Waals surface area contributed by atoms with Crippen LogP contribution >= 0.6 is 0 Å². The molecule has 0 amide bonds. The largest absolute Gasteiger partial charge is 0.472 e. The monoisotopic (exact) mass is 279 g/mol. The molecule has 21 heavy (non-hydrogen) atoms. The van der Waals surface area contributed by atoms with Gasteiger partial charge in [-0.2, -0.15) is 0 Å². The Hall–Kier alpha value is -2.06. The average molecular weight is 279 g/mol. The maximum absolute atomic E-state index is 5.09. The van der Waals surface area contributed by atoms with Gasteiger partial charge in [0.25, 0.3) is 0 Å². The molecule has 108 valence electrons. The first-order chi connectivity index (χ1) is 10.3. The lowest BCUT2D eigenvalue weighted by Gasteiger charge is -2.14. The van der Waals surface area contributed by atoms with Gasteiger partial charge in [-0.1, -0.05) is 42.5 Å². The summed E-state index contributed by atoms with van der Waals surface area (Å²) in [5.74, 6) is 0. The molecule has 1 aromatic heterocycles. The summed E-state index contributed by atoms with van der Waals surface area (Å²) >= 11 is 0. The Morgan fingerprint density at radius 2 is 1.95 bits per heavy atom. The Bertz CT molecular complexity index is 644. The summed E-state index contributed by atoms with van der Waals surface area (Å²) in [7, 11) is 0. The van der Waals surface area contributed by atoms with Crippen LogP contribution in [0.1, 0.15) is 30.5 Å². The predicted octanol–water partition coefficient (Wildman–Crippen LogP) is 4.67. The predicted molar refractivity (Wildman–Crippen MR) is 86.5 cm³/mol. The van der Waals surface area contributed by atoms with Crippen molar-refractivity contribution in [2.75, 3.05) is 6.54 Å². The van der Waals surface area contributed by atoms with E-state index < -0.39 is 0 Å². The highest BCUT2D eigenvalue weighted by molar-refractivity contribution is 5.70. The van der Waals surface area contributed by atoms with Crippen molar-refractivity contribution in [2.45, 2.75) is 25.8 Å². The zero-order valence-corrected chi connectivity index (χ0v) is 12.4. The first kappa shape index (κ1) is 13.9. The summed E-state index contributed by atoms with van der Waals surface area (Å²) in [6.45, 7) is 3.25. The minimum absolute atomic E-state index is 0.370. The molecule has 2 aliphatic rings. The van der Waals surface area contributed by atoms with Crippen molar-refractivity contribution >= 4 is 0 Å². The molecule has 1 atom stereocenters. The van der Waals surface area contributed by atoms with Gasteiger partial charge in [-0.05, 0) is 54.6 Å². The highest BCUT2D eigenvalue weighted by Crippen LogP contribution is 2.31. The molecule has 0 radical (unpaired) electrons. The molecule has 1 heterocycles. The van der Waals surface area contributed by atoms with Crippen molar-refractivity contribution < 1.29 is 4.42 Å². The van der Waals surface area contributed by atoms with Crippen molar-refractivity contribution in [3.63, 3.8) is 0 Å². The lowest BCUT2D eigenvalue weighted by molar-refractivity contribution is 0.550. The lowest BCUT2D eigenvalue weighted by Crippen LogP contribution is -2.20. The van der Waals surface area contributed by atoms with Crippen LogP contribution in [0.5, 0.6) is 0 Å². The summed E-state index contributed by atoms with van der Waals surface area (Å²) in [4.78, 5) is 0. The summed E-state index contributed by atoms with van der Waals surface area (Å²) in [6.07, 6.45) is 5.75. The van der Waals surface area contributed by atoms with Gasteiger partial charge >= 0.3 is 0 Å². The molecule has 3 rings (SSSR count). The van der Waals surface area contributed by atoms with E-state index in [9.17, 15) is 0 Å². The smallest absolute Gasteiger partial charge is 0.0934 e. The first-order valence-electron chi connectivity index (χ1n) is 7.57. The Morgan fingerprint density at radius 3 is 2.81 bits per heavy atom. The van der Waals surface area contributed by atoms with E-state index >= 15 is 0 Å². The van der Waals surface area contributed by atoms with Crippen molar-refractivity contribution in [1.82, 2.24) is 5.32 Å². The number of furan rings is 1. The first-order valence-corrected chi connectivity index (χ1v) is 7.57. The van der Waals surface area contributed by atoms with Crippen molar-refractivity contribution in [1.29, 1.82) is 0 Å². The minimum atomic E-state index is 0.370. The number of aryl methyl sites for hydroxylation is 1. The summed E-state index contributed by atoms with van der Waals surface area (Å²) < 4.78 is 5.09. The number of nitrogens with one attached hydrogen (secondary N) is 1. The standard InChI is InChI=1S/C19H21NO/c1-15(20-12-5-6-16-11-13-21-14-16)18-10-9-17-7-3-2-4-8-19(17)18/h2-4,7-11,13-15,20H,5-6,12H2,1H3. The number of hydrogen-bond donors (Lipinski definition) is 1. The molecule has 2 aliphatic carbocycles. The van der Waals surface area contributed by atoms with E-state index in [1.54, 1.807) is 6.26 Å². The summed E-state index contributed by atoms with van der Waals surface area (Å²) in [5, 5.41) is 3.62. The van der Waals surface area contributed by atoms with Crippen LogP contribution in [0.3, 0.4) is 0 Å². The van der Waals surface area contributed by atoms with Crippen LogP contribution in [0.25, 0.3) is 11.1 Å². The van der Waals surface area contributed by atoms with Gasteiger partial charge in [0.15, 0.2) is 0 Å². The molecular weight excluding hydrogens is 258 g/mol. The van der Waals surface area contributed by atoms with Crippen LogP contribution in [-0.4, -0.2) is 6.54 Å². The van der Waals surface area contributed by atoms with Gasteiger partial charge in [0, 0.05) is 6.04 Å². The third-order valence-corrected chi connectivity index (χ3v) is 3.96. The normalized spacial score (nSPS) is 12.6. The summed E-state index contributed by atoms with van der Waals surface area (Å²) in [6, 6.07) is 17.5. The van der Waals surface area contributed by atoms with Crippen LogP contribution in [0.4, 0.5) is 0 Å². The van der Waals surface area contributed by atoms with E-state index in [-0.39, 0.29) is 0 Å². The van der Waals surface area contributed by atoms with E-state index in [0.29, 0.717) is 6.04 Å². The fourth-order valence-electron chi connectivity index (χ4n) is 2.77. The second kappa shape index (κ2) is 6.59. The maximum atomic E-state index is 5.09. The topological polar surface area (TPSA) is 25.2 Å². The quantitative estimate of drug-likeness (QED) is 0.663. The SMILES string of the molecule is CC(NCCCc1ccoc1)c1ccc2cccccc1-2. The van der Waals surface area contributed by atoms with Crippen molar-refractivity contribution in [3.8, 4) is 11.1 Å². The fraction of sp³-hybridized carbons (Fsp3) is 0.263. The maximum Gasteiger partial charge on any atom is 0.0934 e. The average Bonchev–Trinajstić information content (AvgIpc) is 3.09. The van der Waals surface area contributed by atoms with Crippen LogP contribution in [0.15, 0.2) is 65.5 Å². The highest BCUT2D eigenvalue weighted by Gasteiger charge is 2.13.